The number of hydrogen-bond donors (Lipinski definition) is 2. The van der Waals surface area contributed by atoms with Gasteiger partial charge in [-0.3, -0.25) is 19.3 Å². The zero-order valence-electron chi connectivity index (χ0n) is 21.2. The number of anilines is 3. The SMILES string of the molecule is O=C(Nc1ccc(F)cc1)N[C@H]1C(=O)N(CC(=O)N2CCCC2)c2ccccc2N(C2CCCCC2)C1=O. The normalized spacial score (nSPS) is 20.2. The first-order valence-corrected chi connectivity index (χ1v) is 13.3. The van der Waals surface area contributed by atoms with Gasteiger partial charge in [0.25, 0.3) is 11.8 Å². The molecule has 0 radical (unpaired) electrons. The van der Waals surface area contributed by atoms with Gasteiger partial charge in [-0.25, -0.2) is 9.18 Å². The lowest BCUT2D eigenvalue weighted by Crippen LogP contribution is -2.58. The van der Waals surface area contributed by atoms with Gasteiger partial charge in [0.1, 0.15) is 12.4 Å². The molecule has 2 aliphatic heterocycles. The largest absolute Gasteiger partial charge is 0.341 e. The summed E-state index contributed by atoms with van der Waals surface area (Å²) >= 11 is 0. The van der Waals surface area contributed by atoms with Crippen LogP contribution in [0, 0.1) is 5.82 Å². The average molecular weight is 522 g/mol. The van der Waals surface area contributed by atoms with E-state index in [-0.39, 0.29) is 18.5 Å². The standard InChI is InChI=1S/C28H32FN5O4/c29-19-12-14-20(15-13-19)30-28(38)31-25-26(36)33(18-24(35)32-16-6-7-17-32)22-10-4-5-11-23(22)34(27(25)37)21-8-2-1-3-9-21/h4-5,10-15,21,25H,1-3,6-9,16-18H2,(H2,30,31,38)/t25-/m0/s1. The first-order valence-electron chi connectivity index (χ1n) is 13.3. The number of carbonyl (C=O) groups excluding carboxylic acids is 4. The highest BCUT2D eigenvalue weighted by atomic mass is 19.1. The van der Waals surface area contributed by atoms with E-state index in [0.29, 0.717) is 30.2 Å². The molecule has 1 atom stereocenters. The molecule has 2 aromatic carbocycles. The molecule has 2 aromatic rings. The Morgan fingerprint density at radius 2 is 1.50 bits per heavy atom. The number of para-hydroxylation sites is 2. The average Bonchev–Trinajstić information content (AvgIpc) is 3.45. The first-order chi connectivity index (χ1) is 18.4. The van der Waals surface area contributed by atoms with Crippen LogP contribution in [0.2, 0.25) is 0 Å². The van der Waals surface area contributed by atoms with Gasteiger partial charge >= 0.3 is 6.03 Å². The van der Waals surface area contributed by atoms with Crippen LogP contribution in [-0.4, -0.2) is 60.4 Å². The molecular formula is C28H32FN5O4. The minimum absolute atomic E-state index is 0.121. The molecule has 1 saturated heterocycles. The zero-order chi connectivity index (χ0) is 26.6. The molecule has 10 heteroatoms. The lowest BCUT2D eigenvalue weighted by Gasteiger charge is -2.35. The fourth-order valence-electron chi connectivity index (χ4n) is 5.57. The molecule has 1 aliphatic carbocycles. The van der Waals surface area contributed by atoms with Gasteiger partial charge in [0.15, 0.2) is 6.04 Å². The fraction of sp³-hybridized carbons (Fsp3) is 0.429. The van der Waals surface area contributed by atoms with Gasteiger partial charge in [-0.2, -0.15) is 0 Å². The van der Waals surface area contributed by atoms with Crippen LogP contribution in [0.3, 0.4) is 0 Å². The van der Waals surface area contributed by atoms with Crippen molar-refractivity contribution in [3.63, 3.8) is 0 Å². The van der Waals surface area contributed by atoms with Crippen molar-refractivity contribution in [2.75, 3.05) is 34.8 Å². The highest BCUT2D eigenvalue weighted by Gasteiger charge is 2.44. The molecule has 3 aliphatic rings. The summed E-state index contributed by atoms with van der Waals surface area (Å²) in [6, 6.07) is 9.87. The van der Waals surface area contributed by atoms with Crippen molar-refractivity contribution in [3.05, 3.63) is 54.3 Å². The van der Waals surface area contributed by atoms with E-state index in [9.17, 15) is 23.6 Å². The van der Waals surface area contributed by atoms with Crippen LogP contribution in [0.4, 0.5) is 26.2 Å². The molecule has 0 spiro atoms. The molecule has 9 nitrogen and oxygen atoms in total. The number of benzene rings is 2. The Hall–Kier alpha value is -3.95. The number of nitrogens with one attached hydrogen (secondary N) is 2. The Labute approximate surface area is 221 Å². The number of hydrogen-bond acceptors (Lipinski definition) is 4. The Bertz CT molecular complexity index is 1210. The van der Waals surface area contributed by atoms with Crippen molar-refractivity contribution in [2.45, 2.75) is 57.0 Å². The molecule has 5 rings (SSSR count). The minimum Gasteiger partial charge on any atom is -0.341 e. The molecule has 0 unspecified atom stereocenters. The van der Waals surface area contributed by atoms with Crippen LogP contribution >= 0.6 is 0 Å². The van der Waals surface area contributed by atoms with E-state index in [4.69, 9.17) is 0 Å². The van der Waals surface area contributed by atoms with Crippen molar-refractivity contribution >= 4 is 40.8 Å². The van der Waals surface area contributed by atoms with Crippen molar-refractivity contribution < 1.29 is 23.6 Å². The summed E-state index contributed by atoms with van der Waals surface area (Å²) in [7, 11) is 0. The molecule has 2 N–H and O–H groups in total. The second kappa shape index (κ2) is 11.2. The Morgan fingerprint density at radius 3 is 2.18 bits per heavy atom. The minimum atomic E-state index is -1.53. The Morgan fingerprint density at radius 1 is 0.842 bits per heavy atom. The van der Waals surface area contributed by atoms with Crippen LogP contribution in [0.25, 0.3) is 0 Å². The summed E-state index contributed by atoms with van der Waals surface area (Å²) in [4.78, 5) is 58.8. The maximum absolute atomic E-state index is 14.0. The highest BCUT2D eigenvalue weighted by Crippen LogP contribution is 2.37. The van der Waals surface area contributed by atoms with Gasteiger partial charge in [0, 0.05) is 24.8 Å². The highest BCUT2D eigenvalue weighted by molar-refractivity contribution is 6.22. The zero-order valence-corrected chi connectivity index (χ0v) is 21.2. The van der Waals surface area contributed by atoms with Crippen molar-refractivity contribution in [3.8, 4) is 0 Å². The van der Waals surface area contributed by atoms with Crippen LogP contribution in [-0.2, 0) is 14.4 Å². The lowest BCUT2D eigenvalue weighted by atomic mass is 9.93. The second-order valence-corrected chi connectivity index (χ2v) is 10.0. The van der Waals surface area contributed by atoms with Gasteiger partial charge < -0.3 is 20.4 Å². The molecule has 0 bridgehead atoms. The molecule has 38 heavy (non-hydrogen) atoms. The number of halogens is 1. The summed E-state index contributed by atoms with van der Waals surface area (Å²) < 4.78 is 13.3. The van der Waals surface area contributed by atoms with Gasteiger partial charge in [-0.1, -0.05) is 31.4 Å². The van der Waals surface area contributed by atoms with Gasteiger partial charge in [-0.05, 0) is 62.1 Å². The summed E-state index contributed by atoms with van der Waals surface area (Å²) in [5, 5.41) is 5.11. The summed E-state index contributed by atoms with van der Waals surface area (Å²) in [6.07, 6.45) is 6.41. The van der Waals surface area contributed by atoms with Crippen LogP contribution in [0.15, 0.2) is 48.5 Å². The fourth-order valence-corrected chi connectivity index (χ4v) is 5.57. The van der Waals surface area contributed by atoms with Gasteiger partial charge in [0.05, 0.1) is 11.4 Å². The predicted molar refractivity (Wildman–Crippen MR) is 141 cm³/mol. The smallest absolute Gasteiger partial charge is 0.320 e. The first kappa shape index (κ1) is 25.7. The number of nitrogens with zero attached hydrogens (tertiary/aromatic N) is 3. The lowest BCUT2D eigenvalue weighted by molar-refractivity contribution is -0.133. The Balaban J connectivity index is 1.48. The van der Waals surface area contributed by atoms with Crippen LogP contribution in [0.1, 0.15) is 44.9 Å². The van der Waals surface area contributed by atoms with E-state index in [1.807, 2.05) is 6.07 Å². The molecular weight excluding hydrogens is 489 g/mol. The number of likely N-dealkylation sites (tertiary alicyclic amines) is 1. The Kier molecular flexibility index (Phi) is 7.57. The molecule has 2 fully saturated rings. The molecule has 5 amide bonds. The predicted octanol–water partition coefficient (Wildman–Crippen LogP) is 3.65. The summed E-state index contributed by atoms with van der Waals surface area (Å²) in [5.41, 5.74) is 1.35. The van der Waals surface area contributed by atoms with E-state index in [2.05, 4.69) is 10.6 Å². The van der Waals surface area contributed by atoms with Gasteiger partial charge in [-0.15, -0.1) is 0 Å². The quantitative estimate of drug-likeness (QED) is 0.587. The van der Waals surface area contributed by atoms with E-state index < -0.39 is 29.7 Å². The van der Waals surface area contributed by atoms with E-state index in [1.165, 1.54) is 29.2 Å². The second-order valence-electron chi connectivity index (χ2n) is 10.0. The van der Waals surface area contributed by atoms with Crippen molar-refractivity contribution in [1.82, 2.24) is 10.2 Å². The van der Waals surface area contributed by atoms with E-state index in [1.54, 1.807) is 28.0 Å². The molecule has 0 aromatic heterocycles. The molecule has 2 heterocycles. The maximum Gasteiger partial charge on any atom is 0.320 e. The molecule has 1 saturated carbocycles. The number of fused-ring (bicyclic) bond motifs is 1. The topological polar surface area (TPSA) is 102 Å². The van der Waals surface area contributed by atoms with Crippen molar-refractivity contribution in [1.29, 1.82) is 0 Å². The maximum atomic E-state index is 14.0. The van der Waals surface area contributed by atoms with E-state index >= 15 is 0 Å². The number of carbonyl (C=O) groups is 4. The van der Waals surface area contributed by atoms with E-state index in [0.717, 1.165) is 44.9 Å². The van der Waals surface area contributed by atoms with Gasteiger partial charge in [0.2, 0.25) is 5.91 Å². The number of urea groups is 1. The third-order valence-electron chi connectivity index (χ3n) is 7.50. The monoisotopic (exact) mass is 521 g/mol. The number of rotatable bonds is 5. The summed E-state index contributed by atoms with van der Waals surface area (Å²) in [6.45, 7) is 1.05. The van der Waals surface area contributed by atoms with Crippen LogP contribution < -0.4 is 20.4 Å². The van der Waals surface area contributed by atoms with Crippen molar-refractivity contribution in [2.24, 2.45) is 0 Å². The third-order valence-corrected chi connectivity index (χ3v) is 7.50. The number of amides is 5. The summed E-state index contributed by atoms with van der Waals surface area (Å²) in [5.74, 6) is -1.84. The molecule has 200 valence electrons. The van der Waals surface area contributed by atoms with Crippen LogP contribution in [0.5, 0.6) is 0 Å². The third kappa shape index (κ3) is 5.34.